The molecule has 0 fully saturated rings. The maximum atomic E-state index is 8.76. The van der Waals surface area contributed by atoms with Gasteiger partial charge in [0.1, 0.15) is 0 Å². The van der Waals surface area contributed by atoms with Crippen LogP contribution in [0.2, 0.25) is 0 Å². The Kier molecular flexibility index (Phi) is 3.87. The lowest BCUT2D eigenvalue weighted by molar-refractivity contribution is 0.215. The first-order valence-electron chi connectivity index (χ1n) is 2.45. The second-order valence-corrected chi connectivity index (χ2v) is 1.65. The van der Waals surface area contributed by atoms with E-state index in [1.807, 2.05) is 6.08 Å². The topological polar surface area (TPSA) is 32.3 Å². The Morgan fingerprint density at radius 1 is 1.62 bits per heavy atom. The van der Waals surface area contributed by atoms with Gasteiger partial charge in [-0.25, -0.2) is 0 Å². The summed E-state index contributed by atoms with van der Waals surface area (Å²) in [4.78, 5) is 0. The highest BCUT2D eigenvalue weighted by Gasteiger charge is 1.99. The molecular weight excluding hydrogens is 126 g/mol. The second-order valence-electron chi connectivity index (χ2n) is 1.65. The highest BCUT2D eigenvalue weighted by atomic mass is 35.5. The lowest BCUT2D eigenvalue weighted by Crippen LogP contribution is -2.29. The van der Waals surface area contributed by atoms with Crippen LogP contribution in [-0.4, -0.2) is 24.3 Å². The number of hydrogen-bond acceptors (Lipinski definition) is 2. The number of nitrogens with one attached hydrogen (secondary N) is 1. The van der Waals surface area contributed by atoms with Crippen molar-refractivity contribution in [1.29, 1.82) is 0 Å². The van der Waals surface area contributed by atoms with Crippen LogP contribution in [0.1, 0.15) is 0 Å². The molecule has 0 saturated heterocycles. The van der Waals surface area contributed by atoms with Crippen molar-refractivity contribution in [2.24, 2.45) is 0 Å². The molecule has 0 aromatic rings. The Labute approximate surface area is 55.0 Å². The first kappa shape index (κ1) is 7.95. The molecule has 0 aromatic heterocycles. The lowest BCUT2D eigenvalue weighted by atomic mass is 10.2. The maximum Gasteiger partial charge on any atom is 0.0845 e. The van der Waals surface area contributed by atoms with Crippen molar-refractivity contribution >= 4 is 12.4 Å². The van der Waals surface area contributed by atoms with Crippen molar-refractivity contribution in [2.45, 2.75) is 6.10 Å². The van der Waals surface area contributed by atoms with E-state index in [0.717, 1.165) is 6.54 Å². The molecule has 1 aliphatic heterocycles. The quantitative estimate of drug-likeness (QED) is 0.456. The van der Waals surface area contributed by atoms with Gasteiger partial charge >= 0.3 is 0 Å². The molecule has 0 spiro atoms. The molecule has 1 aliphatic rings. The third kappa shape index (κ3) is 2.31. The molecule has 1 atom stereocenters. The fourth-order valence-electron chi connectivity index (χ4n) is 0.608. The zero-order valence-electron chi connectivity index (χ0n) is 4.50. The van der Waals surface area contributed by atoms with E-state index in [1.54, 1.807) is 6.08 Å². The predicted molar refractivity (Wildman–Crippen MR) is 35.3 cm³/mol. The van der Waals surface area contributed by atoms with Gasteiger partial charge in [-0.15, -0.1) is 12.4 Å². The van der Waals surface area contributed by atoms with Crippen LogP contribution in [0.15, 0.2) is 12.2 Å². The van der Waals surface area contributed by atoms with Crippen LogP contribution in [0.3, 0.4) is 0 Å². The van der Waals surface area contributed by atoms with E-state index in [4.69, 9.17) is 5.11 Å². The largest absolute Gasteiger partial charge is 0.388 e. The van der Waals surface area contributed by atoms with Crippen LogP contribution < -0.4 is 5.32 Å². The average molecular weight is 136 g/mol. The van der Waals surface area contributed by atoms with Crippen LogP contribution >= 0.6 is 12.4 Å². The normalized spacial score (nSPS) is 26.9. The fraction of sp³-hybridized carbons (Fsp3) is 0.600. The zero-order chi connectivity index (χ0) is 5.11. The Morgan fingerprint density at radius 2 is 2.38 bits per heavy atom. The molecule has 0 radical (unpaired) electrons. The van der Waals surface area contributed by atoms with Crippen LogP contribution in [-0.2, 0) is 0 Å². The fourth-order valence-corrected chi connectivity index (χ4v) is 0.608. The second kappa shape index (κ2) is 3.89. The summed E-state index contributed by atoms with van der Waals surface area (Å²) in [5.74, 6) is 0. The molecule has 0 bridgehead atoms. The zero-order valence-corrected chi connectivity index (χ0v) is 5.32. The maximum absolute atomic E-state index is 8.76. The molecule has 1 unspecified atom stereocenters. The number of halogens is 1. The van der Waals surface area contributed by atoms with Gasteiger partial charge in [-0.3, -0.25) is 0 Å². The van der Waals surface area contributed by atoms with Crippen LogP contribution in [0.25, 0.3) is 0 Å². The Hall–Kier alpha value is -0.0500. The average Bonchev–Trinajstić information content (AvgIpc) is 1.69. The summed E-state index contributed by atoms with van der Waals surface area (Å²) in [6, 6.07) is 0. The minimum Gasteiger partial charge on any atom is -0.388 e. The van der Waals surface area contributed by atoms with Gasteiger partial charge in [0.2, 0.25) is 0 Å². The van der Waals surface area contributed by atoms with Gasteiger partial charge in [-0.2, -0.15) is 0 Å². The molecule has 48 valence electrons. The van der Waals surface area contributed by atoms with Gasteiger partial charge in [0.15, 0.2) is 0 Å². The van der Waals surface area contributed by atoms with Gasteiger partial charge in [0.05, 0.1) is 6.10 Å². The molecule has 0 amide bonds. The Balaban J connectivity index is 0.000000490. The number of hydrogen-bond donors (Lipinski definition) is 2. The van der Waals surface area contributed by atoms with Gasteiger partial charge in [-0.05, 0) is 0 Å². The monoisotopic (exact) mass is 135 g/mol. The van der Waals surface area contributed by atoms with E-state index in [0.29, 0.717) is 6.54 Å². The van der Waals surface area contributed by atoms with E-state index in [-0.39, 0.29) is 18.5 Å². The van der Waals surface area contributed by atoms with Gasteiger partial charge in [0.25, 0.3) is 0 Å². The van der Waals surface area contributed by atoms with E-state index < -0.39 is 0 Å². The number of aliphatic hydroxyl groups excluding tert-OH is 1. The van der Waals surface area contributed by atoms with Crippen molar-refractivity contribution in [3.05, 3.63) is 12.2 Å². The summed E-state index contributed by atoms with van der Waals surface area (Å²) in [6.07, 6.45) is 3.47. The van der Waals surface area contributed by atoms with Crippen molar-refractivity contribution in [3.8, 4) is 0 Å². The Morgan fingerprint density at radius 3 is 2.62 bits per heavy atom. The summed E-state index contributed by atoms with van der Waals surface area (Å²) in [6.45, 7) is 1.60. The summed E-state index contributed by atoms with van der Waals surface area (Å²) in [5, 5.41) is 11.8. The SMILES string of the molecule is Cl.OC1C=CCNC1. The number of β-amino-alcohol motifs (C(OH)–C–C–N with tert-alkyl or cyclic N) is 1. The molecule has 2 N–H and O–H groups in total. The lowest BCUT2D eigenvalue weighted by Gasteiger charge is -2.09. The first-order chi connectivity index (χ1) is 3.39. The van der Waals surface area contributed by atoms with Crippen molar-refractivity contribution in [3.63, 3.8) is 0 Å². The molecular formula is C5H10ClNO. The van der Waals surface area contributed by atoms with Crippen LogP contribution in [0.5, 0.6) is 0 Å². The molecule has 1 heterocycles. The van der Waals surface area contributed by atoms with Crippen LogP contribution in [0.4, 0.5) is 0 Å². The van der Waals surface area contributed by atoms with Crippen molar-refractivity contribution < 1.29 is 5.11 Å². The van der Waals surface area contributed by atoms with E-state index in [2.05, 4.69) is 5.32 Å². The van der Waals surface area contributed by atoms with Gasteiger partial charge in [-0.1, -0.05) is 12.2 Å². The molecule has 8 heavy (non-hydrogen) atoms. The van der Waals surface area contributed by atoms with Crippen molar-refractivity contribution in [2.75, 3.05) is 13.1 Å². The van der Waals surface area contributed by atoms with E-state index in [1.165, 1.54) is 0 Å². The minimum absolute atomic E-state index is 0. The minimum atomic E-state index is -0.256. The molecule has 3 heteroatoms. The summed E-state index contributed by atoms with van der Waals surface area (Å²) in [5.41, 5.74) is 0. The molecule has 0 saturated carbocycles. The number of rotatable bonds is 0. The smallest absolute Gasteiger partial charge is 0.0845 e. The van der Waals surface area contributed by atoms with Crippen LogP contribution in [0, 0.1) is 0 Å². The molecule has 1 rings (SSSR count). The highest BCUT2D eigenvalue weighted by molar-refractivity contribution is 5.85. The van der Waals surface area contributed by atoms with E-state index >= 15 is 0 Å². The molecule has 0 aliphatic carbocycles. The molecule has 0 aromatic carbocycles. The first-order valence-corrected chi connectivity index (χ1v) is 2.45. The van der Waals surface area contributed by atoms with E-state index in [9.17, 15) is 0 Å². The Bertz CT molecular complexity index is 84.5. The number of aliphatic hydroxyl groups is 1. The standard InChI is InChI=1S/C5H9NO.ClH/c7-5-2-1-3-6-4-5;/h1-2,5-7H,3-4H2;1H. The molecule has 2 nitrogen and oxygen atoms in total. The summed E-state index contributed by atoms with van der Waals surface area (Å²) < 4.78 is 0. The third-order valence-corrected chi connectivity index (χ3v) is 0.974. The summed E-state index contributed by atoms with van der Waals surface area (Å²) in [7, 11) is 0. The predicted octanol–water partition coefficient (Wildman–Crippen LogP) is -0.0715. The van der Waals surface area contributed by atoms with Gasteiger partial charge < -0.3 is 10.4 Å². The third-order valence-electron chi connectivity index (χ3n) is 0.974. The van der Waals surface area contributed by atoms with Crippen molar-refractivity contribution in [1.82, 2.24) is 5.32 Å². The van der Waals surface area contributed by atoms with Gasteiger partial charge in [0, 0.05) is 13.1 Å². The highest BCUT2D eigenvalue weighted by Crippen LogP contribution is 1.87. The summed E-state index contributed by atoms with van der Waals surface area (Å²) >= 11 is 0.